The molecule has 0 saturated carbocycles. The Kier molecular flexibility index (Phi) is 11.3. The number of aliphatic hydroxyl groups excluding tert-OH is 1. The maximum Gasteiger partial charge on any atom is 0.0698 e. The molecule has 1 aromatic rings. The van der Waals surface area contributed by atoms with Crippen molar-refractivity contribution in [3.8, 4) is 0 Å². The molecular formula is C23H35N3O2S. The molecule has 1 fully saturated rings. The van der Waals surface area contributed by atoms with E-state index in [0.717, 1.165) is 49.6 Å². The first-order valence-corrected chi connectivity index (χ1v) is 11.3. The Balaban J connectivity index is 1.89. The molecular weight excluding hydrogens is 382 g/mol. The van der Waals surface area contributed by atoms with Crippen molar-refractivity contribution in [2.75, 3.05) is 59.1 Å². The lowest BCUT2D eigenvalue weighted by Crippen LogP contribution is -2.48. The molecule has 6 heteroatoms. The number of hydrogen-bond acceptors (Lipinski definition) is 6. The highest BCUT2D eigenvalue weighted by atomic mass is 32.2. The zero-order valence-corrected chi connectivity index (χ0v) is 18.6. The van der Waals surface area contributed by atoms with Gasteiger partial charge in [0.1, 0.15) is 0 Å². The number of ether oxygens (including phenoxy) is 1. The molecule has 0 aromatic heterocycles. The minimum absolute atomic E-state index is 0.0834. The number of piperazine rings is 1. The van der Waals surface area contributed by atoms with Gasteiger partial charge in [0.05, 0.1) is 25.5 Å². The molecule has 1 heterocycles. The lowest BCUT2D eigenvalue weighted by atomic mass is 10.1. The Morgan fingerprint density at radius 1 is 1.17 bits per heavy atom. The van der Waals surface area contributed by atoms with Crippen LogP contribution in [0.1, 0.15) is 25.8 Å². The third-order valence-electron chi connectivity index (χ3n) is 4.81. The van der Waals surface area contributed by atoms with Gasteiger partial charge < -0.3 is 15.3 Å². The van der Waals surface area contributed by atoms with E-state index in [0.29, 0.717) is 25.5 Å². The van der Waals surface area contributed by atoms with Gasteiger partial charge in [0, 0.05) is 54.6 Å². The van der Waals surface area contributed by atoms with E-state index in [4.69, 9.17) is 15.3 Å². The van der Waals surface area contributed by atoms with Crippen LogP contribution in [-0.4, -0.2) is 79.7 Å². The summed E-state index contributed by atoms with van der Waals surface area (Å²) >= 11 is 1.74. The number of rotatable bonds is 12. The van der Waals surface area contributed by atoms with Gasteiger partial charge in [-0.05, 0) is 19.4 Å². The molecule has 5 nitrogen and oxygen atoms in total. The summed E-state index contributed by atoms with van der Waals surface area (Å²) in [5.41, 5.74) is 1.72. The van der Waals surface area contributed by atoms with Crippen LogP contribution >= 0.6 is 11.8 Å². The van der Waals surface area contributed by atoms with E-state index in [1.165, 1.54) is 4.91 Å². The lowest BCUT2D eigenvalue weighted by Gasteiger charge is -2.34. The maximum absolute atomic E-state index is 8.76. The number of benzene rings is 1. The van der Waals surface area contributed by atoms with Gasteiger partial charge in [-0.3, -0.25) is 9.80 Å². The SMILES string of the molecule is C/C=C\C(=C/CC)Sc1ccccc1C(=N)CN1CCN(CCOCCO)CC1. The molecule has 0 aliphatic carbocycles. The van der Waals surface area contributed by atoms with Gasteiger partial charge in [0.2, 0.25) is 0 Å². The number of thioether (sulfide) groups is 1. The summed E-state index contributed by atoms with van der Waals surface area (Å²) < 4.78 is 5.36. The number of hydrogen-bond donors (Lipinski definition) is 2. The first kappa shape index (κ1) is 23.8. The largest absolute Gasteiger partial charge is 0.394 e. The van der Waals surface area contributed by atoms with E-state index in [9.17, 15) is 0 Å². The Hall–Kier alpha value is -1.44. The summed E-state index contributed by atoms with van der Waals surface area (Å²) in [5.74, 6) is 0. The highest BCUT2D eigenvalue weighted by Crippen LogP contribution is 2.31. The topological polar surface area (TPSA) is 59.8 Å². The van der Waals surface area contributed by atoms with Crippen molar-refractivity contribution in [2.45, 2.75) is 25.2 Å². The molecule has 160 valence electrons. The molecule has 1 aliphatic rings. The fraction of sp³-hybridized carbons (Fsp3) is 0.522. The molecule has 2 rings (SSSR count). The maximum atomic E-state index is 8.76. The van der Waals surface area contributed by atoms with Crippen LogP contribution in [0.15, 0.2) is 52.3 Å². The average molecular weight is 418 g/mol. The van der Waals surface area contributed by atoms with Crippen LogP contribution < -0.4 is 0 Å². The van der Waals surface area contributed by atoms with Gasteiger partial charge in [-0.15, -0.1) is 0 Å². The van der Waals surface area contributed by atoms with Gasteiger partial charge in [-0.1, -0.05) is 55.1 Å². The third-order valence-corrected chi connectivity index (χ3v) is 5.92. The summed E-state index contributed by atoms with van der Waals surface area (Å²) in [5, 5.41) is 17.5. The average Bonchev–Trinajstić information content (AvgIpc) is 2.73. The minimum Gasteiger partial charge on any atom is -0.394 e. The van der Waals surface area contributed by atoms with Gasteiger partial charge in [0.15, 0.2) is 0 Å². The van der Waals surface area contributed by atoms with Gasteiger partial charge in [-0.25, -0.2) is 0 Å². The summed E-state index contributed by atoms with van der Waals surface area (Å²) in [4.78, 5) is 7.13. The molecule has 0 spiro atoms. The predicted molar refractivity (Wildman–Crippen MR) is 123 cm³/mol. The zero-order chi connectivity index (χ0) is 20.9. The fourth-order valence-electron chi connectivity index (χ4n) is 3.28. The Morgan fingerprint density at radius 3 is 2.59 bits per heavy atom. The van der Waals surface area contributed by atoms with Crippen molar-refractivity contribution in [2.24, 2.45) is 0 Å². The smallest absolute Gasteiger partial charge is 0.0698 e. The second-order valence-corrected chi connectivity index (χ2v) is 8.16. The monoisotopic (exact) mass is 417 g/mol. The lowest BCUT2D eigenvalue weighted by molar-refractivity contribution is 0.0599. The molecule has 0 bridgehead atoms. The quantitative estimate of drug-likeness (QED) is 0.235. The van der Waals surface area contributed by atoms with Crippen LogP contribution in [0.5, 0.6) is 0 Å². The molecule has 1 saturated heterocycles. The molecule has 2 N–H and O–H groups in total. The first-order chi connectivity index (χ1) is 14.2. The Bertz CT molecular complexity index is 682. The molecule has 0 unspecified atom stereocenters. The van der Waals surface area contributed by atoms with E-state index in [1.54, 1.807) is 11.8 Å². The van der Waals surface area contributed by atoms with Crippen LogP contribution in [-0.2, 0) is 4.74 Å². The Morgan fingerprint density at radius 2 is 1.90 bits per heavy atom. The summed E-state index contributed by atoms with van der Waals surface area (Å²) in [6, 6.07) is 8.26. The number of allylic oxidation sites excluding steroid dienone is 3. The van der Waals surface area contributed by atoms with Gasteiger partial charge >= 0.3 is 0 Å². The van der Waals surface area contributed by atoms with E-state index < -0.39 is 0 Å². The van der Waals surface area contributed by atoms with Crippen molar-refractivity contribution < 1.29 is 9.84 Å². The molecule has 0 atom stereocenters. The summed E-state index contributed by atoms with van der Waals surface area (Å²) in [7, 11) is 0. The van der Waals surface area contributed by atoms with Crippen LogP contribution in [0.3, 0.4) is 0 Å². The van der Waals surface area contributed by atoms with Crippen LogP contribution in [0.25, 0.3) is 0 Å². The van der Waals surface area contributed by atoms with Crippen LogP contribution in [0.4, 0.5) is 0 Å². The highest BCUT2D eigenvalue weighted by molar-refractivity contribution is 8.03. The van der Waals surface area contributed by atoms with Gasteiger partial charge in [0.25, 0.3) is 0 Å². The molecule has 0 amide bonds. The van der Waals surface area contributed by atoms with E-state index in [1.807, 2.05) is 13.0 Å². The van der Waals surface area contributed by atoms with Crippen LogP contribution in [0, 0.1) is 5.41 Å². The van der Waals surface area contributed by atoms with E-state index in [-0.39, 0.29) is 6.61 Å². The second kappa shape index (κ2) is 13.7. The van der Waals surface area contributed by atoms with Crippen molar-refractivity contribution in [1.82, 2.24) is 9.80 Å². The van der Waals surface area contributed by atoms with E-state index in [2.05, 4.69) is 53.2 Å². The number of aliphatic hydroxyl groups is 1. The number of nitrogens with zero attached hydrogens (tertiary/aromatic N) is 2. The van der Waals surface area contributed by atoms with Gasteiger partial charge in [-0.2, -0.15) is 0 Å². The van der Waals surface area contributed by atoms with Crippen molar-refractivity contribution in [3.05, 3.63) is 53.0 Å². The van der Waals surface area contributed by atoms with E-state index >= 15 is 0 Å². The minimum atomic E-state index is 0.0834. The highest BCUT2D eigenvalue weighted by Gasteiger charge is 2.19. The van der Waals surface area contributed by atoms with Crippen LogP contribution in [0.2, 0.25) is 0 Å². The molecule has 0 radical (unpaired) electrons. The molecule has 1 aromatic carbocycles. The molecule has 1 aliphatic heterocycles. The standard InChI is InChI=1S/C23H35N3O2S/c1-3-7-20(8-4-2)29-23-10-6-5-9-21(23)22(24)19-26-13-11-25(12-14-26)15-17-28-18-16-27/h3,5-10,24,27H,4,11-19H2,1-2H3/b7-3-,20-8+,24-22?. The zero-order valence-electron chi connectivity index (χ0n) is 17.8. The fourth-order valence-corrected chi connectivity index (χ4v) is 4.44. The predicted octanol–water partition coefficient (Wildman–Crippen LogP) is 3.64. The normalized spacial score (nSPS) is 16.6. The van der Waals surface area contributed by atoms with Crippen molar-refractivity contribution in [1.29, 1.82) is 5.41 Å². The second-order valence-electron chi connectivity index (χ2n) is 7.05. The first-order valence-electron chi connectivity index (χ1n) is 10.5. The summed E-state index contributed by atoms with van der Waals surface area (Å²) in [6.45, 7) is 10.9. The van der Waals surface area contributed by atoms with Crippen molar-refractivity contribution >= 4 is 17.5 Å². The Labute approximate surface area is 179 Å². The van der Waals surface area contributed by atoms with Crippen molar-refractivity contribution in [3.63, 3.8) is 0 Å². The summed E-state index contributed by atoms with van der Waals surface area (Å²) in [6.07, 6.45) is 7.44. The molecule has 29 heavy (non-hydrogen) atoms. The third kappa shape index (κ3) is 8.44. The number of nitrogens with one attached hydrogen (secondary N) is 1.